The first-order chi connectivity index (χ1) is 13.8. The van der Waals surface area contributed by atoms with Crippen LogP contribution in [0.15, 0.2) is 120 Å². The minimum Gasteiger partial charge on any atom is -0.115 e. The van der Waals surface area contributed by atoms with Crippen molar-refractivity contribution in [2.45, 2.75) is 9.64 Å². The van der Waals surface area contributed by atoms with E-state index < -0.39 is 0 Å². The van der Waals surface area contributed by atoms with Crippen molar-refractivity contribution < 1.29 is 0 Å². The van der Waals surface area contributed by atoms with E-state index in [0.29, 0.717) is 0 Å². The zero-order valence-corrected chi connectivity index (χ0v) is 16.3. The summed E-state index contributed by atoms with van der Waals surface area (Å²) in [5, 5.41) is 0. The molecule has 4 aromatic rings. The third-order valence-corrected chi connectivity index (χ3v) is 6.35. The second kappa shape index (κ2) is 8.21. The Labute approximate surface area is 171 Å². The van der Waals surface area contributed by atoms with E-state index in [2.05, 4.69) is 109 Å². The van der Waals surface area contributed by atoms with Crippen molar-refractivity contribution >= 4 is 11.8 Å². The van der Waals surface area contributed by atoms with Gasteiger partial charge in [0, 0.05) is 10.5 Å². The lowest BCUT2D eigenvalue weighted by molar-refractivity contribution is 0.894. The van der Waals surface area contributed by atoms with Crippen LogP contribution in [-0.2, 0) is 4.75 Å². The molecule has 0 atom stereocenters. The third-order valence-electron chi connectivity index (χ3n) is 4.83. The molecule has 0 saturated heterocycles. The van der Waals surface area contributed by atoms with Crippen molar-refractivity contribution in [2.75, 3.05) is 0 Å². The van der Waals surface area contributed by atoms with Crippen LogP contribution >= 0.6 is 11.8 Å². The first-order valence-corrected chi connectivity index (χ1v) is 10.1. The largest absolute Gasteiger partial charge is 0.115 e. The minimum atomic E-state index is -0.360. The van der Waals surface area contributed by atoms with E-state index in [4.69, 9.17) is 6.42 Å². The smallest absolute Gasteiger partial charge is 0.0954 e. The SMILES string of the molecule is C#Cc1ccc(SC(c2ccccc2)(c2ccccc2)c2ccccc2)cc1. The molecule has 1 heteroatoms. The summed E-state index contributed by atoms with van der Waals surface area (Å²) >= 11 is 1.85. The molecule has 28 heavy (non-hydrogen) atoms. The van der Waals surface area contributed by atoms with Gasteiger partial charge in [-0.3, -0.25) is 0 Å². The number of hydrogen-bond acceptors (Lipinski definition) is 1. The van der Waals surface area contributed by atoms with Gasteiger partial charge in [0.15, 0.2) is 0 Å². The van der Waals surface area contributed by atoms with E-state index >= 15 is 0 Å². The Hall–Kier alpha value is -3.21. The van der Waals surface area contributed by atoms with Crippen LogP contribution in [0.2, 0.25) is 0 Å². The Bertz CT molecular complexity index is 963. The Kier molecular flexibility index (Phi) is 5.33. The molecule has 0 radical (unpaired) electrons. The molecule has 134 valence electrons. The van der Waals surface area contributed by atoms with Gasteiger partial charge in [-0.1, -0.05) is 96.9 Å². The fourth-order valence-electron chi connectivity index (χ4n) is 3.49. The topological polar surface area (TPSA) is 0 Å². The van der Waals surface area contributed by atoms with Crippen LogP contribution < -0.4 is 0 Å². The quantitative estimate of drug-likeness (QED) is 0.211. The van der Waals surface area contributed by atoms with Crippen molar-refractivity contribution in [3.05, 3.63) is 138 Å². The molecule has 0 aliphatic heterocycles. The van der Waals surface area contributed by atoms with Crippen LogP contribution in [0.5, 0.6) is 0 Å². The molecule has 0 aromatic heterocycles. The fourth-order valence-corrected chi connectivity index (χ4v) is 4.88. The van der Waals surface area contributed by atoms with E-state index in [1.54, 1.807) is 0 Å². The first-order valence-electron chi connectivity index (χ1n) is 9.25. The van der Waals surface area contributed by atoms with Crippen LogP contribution in [0.25, 0.3) is 0 Å². The monoisotopic (exact) mass is 376 g/mol. The molecule has 0 saturated carbocycles. The normalized spacial score (nSPS) is 11.0. The summed E-state index contributed by atoms with van der Waals surface area (Å²) in [4.78, 5) is 1.18. The minimum absolute atomic E-state index is 0.360. The van der Waals surface area contributed by atoms with Gasteiger partial charge in [-0.2, -0.15) is 0 Å². The summed E-state index contributed by atoms with van der Waals surface area (Å²) in [6.45, 7) is 0. The molecule has 0 spiro atoms. The van der Waals surface area contributed by atoms with Crippen LogP contribution in [0.3, 0.4) is 0 Å². The molecule has 0 heterocycles. The van der Waals surface area contributed by atoms with Gasteiger partial charge >= 0.3 is 0 Å². The Morgan fingerprint density at radius 2 is 0.929 bits per heavy atom. The van der Waals surface area contributed by atoms with Gasteiger partial charge in [-0.15, -0.1) is 18.2 Å². The van der Waals surface area contributed by atoms with E-state index in [-0.39, 0.29) is 4.75 Å². The number of benzene rings is 4. The lowest BCUT2D eigenvalue weighted by Gasteiger charge is -2.35. The molecule has 0 aliphatic carbocycles. The third kappa shape index (κ3) is 3.48. The van der Waals surface area contributed by atoms with Gasteiger partial charge in [-0.05, 0) is 41.0 Å². The van der Waals surface area contributed by atoms with E-state index in [9.17, 15) is 0 Å². The molecule has 0 fully saturated rings. The van der Waals surface area contributed by atoms with Crippen LogP contribution in [0, 0.1) is 12.3 Å². The molecule has 4 rings (SSSR count). The zero-order valence-electron chi connectivity index (χ0n) is 15.5. The maximum absolute atomic E-state index is 5.54. The molecule has 0 bridgehead atoms. The first kappa shape index (κ1) is 18.2. The summed E-state index contributed by atoms with van der Waals surface area (Å²) in [6, 6.07) is 40.4. The lowest BCUT2D eigenvalue weighted by atomic mass is 9.84. The van der Waals surface area contributed by atoms with Crippen molar-refractivity contribution in [1.29, 1.82) is 0 Å². The molecule has 0 unspecified atom stereocenters. The van der Waals surface area contributed by atoms with Gasteiger partial charge in [0.2, 0.25) is 0 Å². The zero-order chi connectivity index (χ0) is 19.2. The van der Waals surface area contributed by atoms with Crippen LogP contribution in [-0.4, -0.2) is 0 Å². The molecular formula is C27H20S. The molecule has 0 aliphatic rings. The molecule has 0 N–H and O–H groups in total. The second-order valence-corrected chi connectivity index (χ2v) is 7.84. The average Bonchev–Trinajstić information content (AvgIpc) is 2.80. The van der Waals surface area contributed by atoms with Crippen LogP contribution in [0.1, 0.15) is 22.3 Å². The lowest BCUT2D eigenvalue weighted by Crippen LogP contribution is -2.25. The Balaban J connectivity index is 1.96. The average molecular weight is 377 g/mol. The fraction of sp³-hybridized carbons (Fsp3) is 0.0370. The standard InChI is InChI=1S/C27H20S/c1-2-22-18-20-26(21-19-22)28-27(23-12-6-3-7-13-23,24-14-8-4-9-15-24)25-16-10-5-11-17-25/h1,3-21H. The molecule has 0 amide bonds. The van der Waals surface area contributed by atoms with E-state index in [0.717, 1.165) is 5.56 Å². The van der Waals surface area contributed by atoms with Crippen LogP contribution in [0.4, 0.5) is 0 Å². The highest BCUT2D eigenvalue weighted by Gasteiger charge is 2.37. The van der Waals surface area contributed by atoms with Gasteiger partial charge < -0.3 is 0 Å². The second-order valence-electron chi connectivity index (χ2n) is 6.55. The number of hydrogen-bond donors (Lipinski definition) is 0. The predicted octanol–water partition coefficient (Wildman–Crippen LogP) is 6.75. The summed E-state index contributed by atoms with van der Waals surface area (Å²) < 4.78 is -0.360. The van der Waals surface area contributed by atoms with Gasteiger partial charge in [0.1, 0.15) is 0 Å². The van der Waals surface area contributed by atoms with Gasteiger partial charge in [0.25, 0.3) is 0 Å². The molecule has 0 nitrogen and oxygen atoms in total. The number of thioether (sulfide) groups is 1. The Morgan fingerprint density at radius 1 is 0.536 bits per heavy atom. The highest BCUT2D eigenvalue weighted by Crippen LogP contribution is 2.51. The van der Waals surface area contributed by atoms with Gasteiger partial charge in [-0.25, -0.2) is 0 Å². The van der Waals surface area contributed by atoms with E-state index in [1.807, 2.05) is 23.9 Å². The molecule has 4 aromatic carbocycles. The van der Waals surface area contributed by atoms with Crippen molar-refractivity contribution in [3.63, 3.8) is 0 Å². The van der Waals surface area contributed by atoms with Crippen molar-refractivity contribution in [3.8, 4) is 12.3 Å². The Morgan fingerprint density at radius 3 is 1.29 bits per heavy atom. The summed E-state index contributed by atoms with van der Waals surface area (Å²) in [5.74, 6) is 2.70. The highest BCUT2D eigenvalue weighted by molar-refractivity contribution is 8.00. The number of rotatable bonds is 5. The maximum Gasteiger partial charge on any atom is 0.0954 e. The van der Waals surface area contributed by atoms with Crippen molar-refractivity contribution in [2.24, 2.45) is 0 Å². The van der Waals surface area contributed by atoms with Crippen molar-refractivity contribution in [1.82, 2.24) is 0 Å². The summed E-state index contributed by atoms with van der Waals surface area (Å²) in [7, 11) is 0. The summed E-state index contributed by atoms with van der Waals surface area (Å²) in [5.41, 5.74) is 4.64. The number of terminal acetylenes is 1. The van der Waals surface area contributed by atoms with Gasteiger partial charge in [0.05, 0.1) is 4.75 Å². The highest BCUT2D eigenvalue weighted by atomic mass is 32.2. The van der Waals surface area contributed by atoms with E-state index in [1.165, 1.54) is 21.6 Å². The molecular weight excluding hydrogens is 356 g/mol. The predicted molar refractivity (Wildman–Crippen MR) is 119 cm³/mol. The maximum atomic E-state index is 5.54. The summed E-state index contributed by atoms with van der Waals surface area (Å²) in [6.07, 6.45) is 5.54.